The smallest absolute Gasteiger partial charge is 0.472 e. The van der Waals surface area contributed by atoms with E-state index in [1.807, 2.05) is 38.0 Å². The van der Waals surface area contributed by atoms with E-state index in [4.69, 9.17) is 9.05 Å². The van der Waals surface area contributed by atoms with E-state index in [1.165, 1.54) is 89.0 Å². The van der Waals surface area contributed by atoms with Crippen molar-refractivity contribution in [3.8, 4) is 0 Å². The summed E-state index contributed by atoms with van der Waals surface area (Å²) in [7, 11) is 4.10. The molecule has 54 heavy (non-hydrogen) atoms. The van der Waals surface area contributed by atoms with Gasteiger partial charge in [0.2, 0.25) is 0 Å². The monoisotopic (exact) mass is 784 g/mol. The van der Waals surface area contributed by atoms with E-state index in [1.54, 1.807) is 0 Å². The predicted molar refractivity (Wildman–Crippen MR) is 217 cm³/mol. The second-order valence-electron chi connectivity index (χ2n) is 16.5. The number of carboxylic acid groups (broad SMARTS) is 2. The Hall–Kier alpha value is -1.89. The zero-order valence-electron chi connectivity index (χ0n) is 34.3. The van der Waals surface area contributed by atoms with Crippen LogP contribution in [0.25, 0.3) is 0 Å². The second kappa shape index (κ2) is 27.7. The standard InChI is InChI=1S/C41H75N4O8P/c1-42-26-28-43(35-40(46)47)34-39(44(29-27-42)36-41(48)49)33-38-24-22-37(23-25-38)21-19-17-15-13-11-9-7-5-6-8-10-12-14-16-18-20-31-52-54(50,51)53-32-30-45(2,3)4/h22-25,39H,5-21,26-36H2,1-4H3,(H2-,46,47,48,49,50,51)/p+1. The molecule has 1 saturated heterocycles. The first-order valence-corrected chi connectivity index (χ1v) is 22.3. The van der Waals surface area contributed by atoms with Crippen molar-refractivity contribution in [3.05, 3.63) is 35.4 Å². The molecule has 12 nitrogen and oxygen atoms in total. The number of carbonyl (C=O) groups is 2. The minimum absolute atomic E-state index is 0.0400. The van der Waals surface area contributed by atoms with Gasteiger partial charge in [0.25, 0.3) is 0 Å². The lowest BCUT2D eigenvalue weighted by molar-refractivity contribution is -0.870. The van der Waals surface area contributed by atoms with Crippen molar-refractivity contribution in [3.63, 3.8) is 0 Å². The number of hydrogen-bond acceptors (Lipinski definition) is 8. The molecule has 0 spiro atoms. The van der Waals surface area contributed by atoms with Crippen LogP contribution in [0.5, 0.6) is 0 Å². The van der Waals surface area contributed by atoms with Gasteiger partial charge >= 0.3 is 19.8 Å². The third kappa shape index (κ3) is 25.3. The summed E-state index contributed by atoms with van der Waals surface area (Å²) in [5.74, 6) is -1.71. The average molecular weight is 784 g/mol. The molecule has 2 atom stereocenters. The van der Waals surface area contributed by atoms with Gasteiger partial charge in [-0.25, -0.2) is 4.57 Å². The van der Waals surface area contributed by atoms with Crippen LogP contribution in [-0.4, -0.2) is 146 Å². The molecule has 0 radical (unpaired) electrons. The van der Waals surface area contributed by atoms with Gasteiger partial charge in [0.15, 0.2) is 0 Å². The molecule has 0 aromatic heterocycles. The highest BCUT2D eigenvalue weighted by molar-refractivity contribution is 7.47. The number of hydrogen-bond donors (Lipinski definition) is 3. The SMILES string of the molecule is CN1CCN(CC(=O)O)CC(Cc2ccc(CCCCCCCCCCCCCCCCCCOP(=O)(O)OCC[N+](C)(C)C)cc2)N(CC(=O)O)CC1. The Morgan fingerprint density at radius 3 is 1.67 bits per heavy atom. The molecule has 2 unspecified atom stereocenters. The highest BCUT2D eigenvalue weighted by Gasteiger charge is 2.27. The van der Waals surface area contributed by atoms with E-state index in [9.17, 15) is 29.3 Å². The third-order valence-electron chi connectivity index (χ3n) is 10.4. The molecular weight excluding hydrogens is 707 g/mol. The fourth-order valence-electron chi connectivity index (χ4n) is 6.99. The van der Waals surface area contributed by atoms with Crippen molar-refractivity contribution in [2.45, 2.75) is 122 Å². The number of quaternary nitrogens is 1. The maximum atomic E-state index is 11.9. The van der Waals surface area contributed by atoms with E-state index in [-0.39, 0.29) is 32.3 Å². The summed E-state index contributed by atoms with van der Waals surface area (Å²) < 4.78 is 22.7. The second-order valence-corrected chi connectivity index (χ2v) is 18.0. The number of aliphatic carboxylic acids is 2. The summed E-state index contributed by atoms with van der Waals surface area (Å²) >= 11 is 0. The zero-order chi connectivity index (χ0) is 39.7. The molecule has 1 aromatic rings. The minimum atomic E-state index is -3.93. The molecule has 2 rings (SSSR count). The molecule has 1 aliphatic rings. The van der Waals surface area contributed by atoms with Gasteiger partial charge in [-0.15, -0.1) is 0 Å². The van der Waals surface area contributed by atoms with E-state index in [0.717, 1.165) is 44.3 Å². The van der Waals surface area contributed by atoms with E-state index in [0.29, 0.717) is 37.1 Å². The third-order valence-corrected chi connectivity index (χ3v) is 11.4. The molecule has 312 valence electrons. The first kappa shape index (κ1) is 48.3. The molecule has 0 saturated carbocycles. The number of phosphoric acid groups is 1. The summed E-state index contributed by atoms with van der Waals surface area (Å²) in [6.45, 7) is 4.37. The maximum Gasteiger partial charge on any atom is 0.472 e. The van der Waals surface area contributed by atoms with E-state index >= 15 is 0 Å². The van der Waals surface area contributed by atoms with Crippen LogP contribution in [0.2, 0.25) is 0 Å². The van der Waals surface area contributed by atoms with Crippen molar-refractivity contribution in [2.75, 3.05) is 93.8 Å². The van der Waals surface area contributed by atoms with Crippen molar-refractivity contribution in [1.29, 1.82) is 0 Å². The molecule has 1 fully saturated rings. The predicted octanol–water partition coefficient (Wildman–Crippen LogP) is 6.94. The molecule has 0 bridgehead atoms. The fourth-order valence-corrected chi connectivity index (χ4v) is 7.74. The number of aryl methyl sites for hydroxylation is 1. The number of likely N-dealkylation sites (N-methyl/N-ethyl adjacent to an activating group) is 2. The van der Waals surface area contributed by atoms with Crippen molar-refractivity contribution < 1.29 is 42.8 Å². The van der Waals surface area contributed by atoms with E-state index < -0.39 is 19.8 Å². The maximum absolute atomic E-state index is 11.9. The number of phosphoric ester groups is 1. The summed E-state index contributed by atoms with van der Waals surface area (Å²) in [4.78, 5) is 39.1. The van der Waals surface area contributed by atoms with Crippen LogP contribution in [0.4, 0.5) is 0 Å². The zero-order valence-corrected chi connectivity index (χ0v) is 35.2. The molecule has 1 aromatic carbocycles. The lowest BCUT2D eigenvalue weighted by Crippen LogP contribution is -2.48. The van der Waals surface area contributed by atoms with Gasteiger partial charge in [0, 0.05) is 38.8 Å². The Morgan fingerprint density at radius 2 is 1.15 bits per heavy atom. The Balaban J connectivity index is 1.48. The van der Waals surface area contributed by atoms with Crippen LogP contribution in [-0.2, 0) is 36.0 Å². The first-order valence-electron chi connectivity index (χ1n) is 20.8. The van der Waals surface area contributed by atoms with Crippen LogP contribution >= 0.6 is 7.82 Å². The summed E-state index contributed by atoms with van der Waals surface area (Å²) in [6.07, 6.45) is 21.5. The average Bonchev–Trinajstić information content (AvgIpc) is 3.15. The van der Waals surface area contributed by atoms with Crippen LogP contribution < -0.4 is 0 Å². The van der Waals surface area contributed by atoms with Gasteiger partial charge in [-0.05, 0) is 43.9 Å². The molecule has 1 heterocycles. The topological polar surface area (TPSA) is 140 Å². The van der Waals surface area contributed by atoms with Crippen molar-refractivity contribution in [1.82, 2.24) is 14.7 Å². The molecular formula is C41H76N4O8P+. The van der Waals surface area contributed by atoms with Crippen LogP contribution in [0, 0.1) is 0 Å². The van der Waals surface area contributed by atoms with Crippen LogP contribution in [0.15, 0.2) is 24.3 Å². The van der Waals surface area contributed by atoms with Gasteiger partial charge in [-0.2, -0.15) is 0 Å². The normalized spacial score (nSPS) is 17.8. The molecule has 1 aliphatic heterocycles. The van der Waals surface area contributed by atoms with Gasteiger partial charge in [-0.1, -0.05) is 114 Å². The van der Waals surface area contributed by atoms with Gasteiger partial charge in [0.05, 0.1) is 40.8 Å². The number of benzene rings is 1. The van der Waals surface area contributed by atoms with Crippen molar-refractivity contribution in [2.24, 2.45) is 0 Å². The fraction of sp³-hybridized carbons (Fsp3) is 0.805. The van der Waals surface area contributed by atoms with Gasteiger partial charge in [-0.3, -0.25) is 28.4 Å². The number of nitrogens with zero attached hydrogens (tertiary/aromatic N) is 4. The Morgan fingerprint density at radius 1 is 0.685 bits per heavy atom. The van der Waals surface area contributed by atoms with Gasteiger partial charge < -0.3 is 24.5 Å². The van der Waals surface area contributed by atoms with Crippen LogP contribution in [0.3, 0.4) is 0 Å². The molecule has 0 aliphatic carbocycles. The number of unbranched alkanes of at least 4 members (excludes halogenated alkanes) is 15. The van der Waals surface area contributed by atoms with Crippen molar-refractivity contribution >= 4 is 19.8 Å². The minimum Gasteiger partial charge on any atom is -0.480 e. The lowest BCUT2D eigenvalue weighted by Gasteiger charge is -2.33. The lowest BCUT2D eigenvalue weighted by atomic mass is 9.99. The first-order chi connectivity index (χ1) is 25.7. The molecule has 13 heteroatoms. The quantitative estimate of drug-likeness (QED) is 0.0425. The molecule has 3 N–H and O–H groups in total. The highest BCUT2D eigenvalue weighted by atomic mass is 31.2. The molecule has 0 amide bonds. The summed E-state index contributed by atoms with van der Waals surface area (Å²) in [5, 5.41) is 19.1. The van der Waals surface area contributed by atoms with E-state index in [2.05, 4.69) is 29.2 Å². The highest BCUT2D eigenvalue weighted by Crippen LogP contribution is 2.43. The Bertz CT molecular complexity index is 1200. The Kier molecular flexibility index (Phi) is 24.7. The summed E-state index contributed by atoms with van der Waals surface area (Å²) in [6, 6.07) is 8.67. The van der Waals surface area contributed by atoms with Crippen LogP contribution in [0.1, 0.15) is 114 Å². The summed E-state index contributed by atoms with van der Waals surface area (Å²) in [5.41, 5.74) is 2.50. The van der Waals surface area contributed by atoms with Gasteiger partial charge in [0.1, 0.15) is 13.2 Å². The number of rotatable bonds is 30. The number of carboxylic acids is 2. The largest absolute Gasteiger partial charge is 0.480 e. The Labute approximate surface area is 327 Å².